The summed E-state index contributed by atoms with van der Waals surface area (Å²) >= 11 is 1.81. The topological polar surface area (TPSA) is 28.2 Å². The van der Waals surface area contributed by atoms with Gasteiger partial charge in [0, 0.05) is 31.1 Å². The molecule has 4 heteroatoms. The maximum absolute atomic E-state index is 4.76. The Morgan fingerprint density at radius 1 is 1.24 bits per heavy atom. The smallest absolute Gasteiger partial charge is 0.185 e. The molecule has 0 aromatic carbocycles. The highest BCUT2D eigenvalue weighted by atomic mass is 32.1. The molecular formula is C13H21N3S. The summed E-state index contributed by atoms with van der Waals surface area (Å²) < 4.78 is 0. The molecule has 1 aromatic rings. The second-order valence-electron chi connectivity index (χ2n) is 5.18. The van der Waals surface area contributed by atoms with Crippen LogP contribution in [0.5, 0.6) is 0 Å². The summed E-state index contributed by atoms with van der Waals surface area (Å²) in [5.74, 6) is 0. The van der Waals surface area contributed by atoms with Crippen molar-refractivity contribution in [1.82, 2.24) is 10.3 Å². The van der Waals surface area contributed by atoms with Crippen LogP contribution < -0.4 is 10.2 Å². The molecule has 2 aliphatic rings. The van der Waals surface area contributed by atoms with Gasteiger partial charge in [-0.15, -0.1) is 11.3 Å². The summed E-state index contributed by atoms with van der Waals surface area (Å²) in [6.07, 6.45) is 8.13. The van der Waals surface area contributed by atoms with E-state index in [9.17, 15) is 0 Å². The van der Waals surface area contributed by atoms with Gasteiger partial charge in [-0.1, -0.05) is 12.8 Å². The lowest BCUT2D eigenvalue weighted by molar-refractivity contribution is 0.675. The minimum absolute atomic E-state index is 0.776. The van der Waals surface area contributed by atoms with Crippen molar-refractivity contribution in [1.29, 1.82) is 0 Å². The molecule has 2 heterocycles. The average molecular weight is 251 g/mol. The molecule has 3 nitrogen and oxygen atoms in total. The molecule has 94 valence electrons. The predicted octanol–water partition coefficient (Wildman–Crippen LogP) is 2.78. The van der Waals surface area contributed by atoms with E-state index >= 15 is 0 Å². The molecule has 17 heavy (non-hydrogen) atoms. The van der Waals surface area contributed by atoms with Crippen molar-refractivity contribution >= 4 is 16.5 Å². The van der Waals surface area contributed by atoms with E-state index in [-0.39, 0.29) is 0 Å². The van der Waals surface area contributed by atoms with Crippen molar-refractivity contribution < 1.29 is 0 Å². The monoisotopic (exact) mass is 251 g/mol. The number of hydrogen-bond acceptors (Lipinski definition) is 4. The van der Waals surface area contributed by atoms with Crippen LogP contribution in [0.1, 0.15) is 44.2 Å². The fourth-order valence-corrected chi connectivity index (χ4v) is 3.20. The lowest BCUT2D eigenvalue weighted by Gasteiger charge is -2.18. The van der Waals surface area contributed by atoms with Crippen molar-refractivity contribution in [2.24, 2.45) is 0 Å². The van der Waals surface area contributed by atoms with Crippen molar-refractivity contribution in [3.8, 4) is 0 Å². The van der Waals surface area contributed by atoms with Crippen molar-refractivity contribution in [2.75, 3.05) is 18.0 Å². The van der Waals surface area contributed by atoms with Crippen molar-refractivity contribution in [3.63, 3.8) is 0 Å². The van der Waals surface area contributed by atoms with E-state index in [4.69, 9.17) is 4.98 Å². The van der Waals surface area contributed by atoms with E-state index < -0.39 is 0 Å². The highest BCUT2D eigenvalue weighted by Gasteiger charge is 2.20. The van der Waals surface area contributed by atoms with E-state index in [1.165, 1.54) is 62.4 Å². The Hall–Kier alpha value is -0.610. The quantitative estimate of drug-likeness (QED) is 0.892. The van der Waals surface area contributed by atoms with Crippen LogP contribution >= 0.6 is 11.3 Å². The van der Waals surface area contributed by atoms with Gasteiger partial charge < -0.3 is 10.2 Å². The third kappa shape index (κ3) is 3.19. The van der Waals surface area contributed by atoms with Crippen LogP contribution in [-0.4, -0.2) is 24.1 Å². The van der Waals surface area contributed by atoms with Crippen LogP contribution in [0, 0.1) is 0 Å². The normalized spacial score (nSPS) is 21.5. The Labute approximate surface area is 107 Å². The summed E-state index contributed by atoms with van der Waals surface area (Å²) in [6.45, 7) is 3.35. The fourth-order valence-electron chi connectivity index (χ4n) is 2.32. The predicted molar refractivity (Wildman–Crippen MR) is 72.7 cm³/mol. The Balaban J connectivity index is 1.57. The largest absolute Gasteiger partial charge is 0.348 e. The Morgan fingerprint density at radius 2 is 2.00 bits per heavy atom. The molecule has 1 aliphatic heterocycles. The summed E-state index contributed by atoms with van der Waals surface area (Å²) in [5.41, 5.74) is 1.22. The minimum Gasteiger partial charge on any atom is -0.348 e. The molecule has 0 unspecified atom stereocenters. The van der Waals surface area contributed by atoms with Crippen LogP contribution in [-0.2, 0) is 6.54 Å². The third-order valence-corrected chi connectivity index (χ3v) is 4.52. The second kappa shape index (κ2) is 5.36. The second-order valence-corrected chi connectivity index (χ2v) is 6.01. The lowest BCUT2D eigenvalue weighted by Crippen LogP contribution is -2.23. The molecular weight excluding hydrogens is 230 g/mol. The first-order valence-corrected chi connectivity index (χ1v) is 7.72. The van der Waals surface area contributed by atoms with Gasteiger partial charge in [0.25, 0.3) is 0 Å². The maximum Gasteiger partial charge on any atom is 0.185 e. The van der Waals surface area contributed by atoms with Gasteiger partial charge in [-0.2, -0.15) is 0 Å². The molecule has 1 saturated heterocycles. The number of aromatic nitrogens is 1. The van der Waals surface area contributed by atoms with E-state index in [2.05, 4.69) is 15.6 Å². The lowest BCUT2D eigenvalue weighted by atomic mass is 10.2. The number of nitrogens with zero attached hydrogens (tertiary/aromatic N) is 2. The zero-order valence-corrected chi connectivity index (χ0v) is 11.1. The van der Waals surface area contributed by atoms with Gasteiger partial charge in [0.1, 0.15) is 0 Å². The van der Waals surface area contributed by atoms with Gasteiger partial charge >= 0.3 is 0 Å². The number of rotatable bonds is 4. The first-order valence-electron chi connectivity index (χ1n) is 6.84. The van der Waals surface area contributed by atoms with E-state index in [0.29, 0.717) is 0 Å². The molecule has 0 bridgehead atoms. The van der Waals surface area contributed by atoms with Gasteiger partial charge in [-0.25, -0.2) is 4.98 Å². The molecule has 3 rings (SSSR count). The number of thiazole rings is 1. The zero-order valence-electron chi connectivity index (χ0n) is 10.3. The highest BCUT2D eigenvalue weighted by molar-refractivity contribution is 7.13. The van der Waals surface area contributed by atoms with Crippen molar-refractivity contribution in [2.45, 2.75) is 51.1 Å². The Kier molecular flexibility index (Phi) is 3.62. The minimum atomic E-state index is 0.776. The first kappa shape index (κ1) is 11.5. The molecule has 0 radical (unpaired) electrons. The SMILES string of the molecule is c1sc(N2CCCCCC2)nc1CNC1CC1. The molecule has 1 aromatic heterocycles. The van der Waals surface area contributed by atoms with Crippen LogP contribution in [0.4, 0.5) is 5.13 Å². The molecule has 0 spiro atoms. The molecule has 1 aliphatic carbocycles. The number of nitrogens with one attached hydrogen (secondary N) is 1. The highest BCUT2D eigenvalue weighted by Crippen LogP contribution is 2.24. The molecule has 0 amide bonds. The van der Waals surface area contributed by atoms with Crippen LogP contribution in [0.2, 0.25) is 0 Å². The van der Waals surface area contributed by atoms with Gasteiger partial charge in [0.15, 0.2) is 5.13 Å². The summed E-state index contributed by atoms with van der Waals surface area (Å²) in [4.78, 5) is 7.23. The average Bonchev–Trinajstić information content (AvgIpc) is 3.12. The maximum atomic E-state index is 4.76. The van der Waals surface area contributed by atoms with Crippen LogP contribution in [0.3, 0.4) is 0 Å². The Morgan fingerprint density at radius 3 is 2.71 bits per heavy atom. The van der Waals surface area contributed by atoms with Crippen LogP contribution in [0.25, 0.3) is 0 Å². The van der Waals surface area contributed by atoms with Crippen LogP contribution in [0.15, 0.2) is 5.38 Å². The van der Waals surface area contributed by atoms with Gasteiger partial charge in [0.05, 0.1) is 5.69 Å². The molecule has 0 atom stereocenters. The standard InChI is InChI=1S/C13H21N3S/c1-2-4-8-16(7-3-1)13-15-12(10-17-13)9-14-11-5-6-11/h10-11,14H,1-9H2. The number of hydrogen-bond donors (Lipinski definition) is 1. The summed E-state index contributed by atoms with van der Waals surface area (Å²) in [7, 11) is 0. The molecule has 1 saturated carbocycles. The van der Waals surface area contributed by atoms with E-state index in [0.717, 1.165) is 12.6 Å². The van der Waals surface area contributed by atoms with Gasteiger partial charge in [-0.3, -0.25) is 0 Å². The molecule has 1 N–H and O–H groups in total. The van der Waals surface area contributed by atoms with E-state index in [1.807, 2.05) is 11.3 Å². The van der Waals surface area contributed by atoms with Gasteiger partial charge in [0.2, 0.25) is 0 Å². The fraction of sp³-hybridized carbons (Fsp3) is 0.769. The first-order chi connectivity index (χ1) is 8.42. The Bertz CT molecular complexity index is 351. The third-order valence-electron chi connectivity index (χ3n) is 3.57. The van der Waals surface area contributed by atoms with Gasteiger partial charge in [-0.05, 0) is 25.7 Å². The summed E-state index contributed by atoms with van der Waals surface area (Å²) in [5, 5.41) is 6.98. The van der Waals surface area contributed by atoms with Crippen molar-refractivity contribution in [3.05, 3.63) is 11.1 Å². The molecule has 2 fully saturated rings. The van der Waals surface area contributed by atoms with E-state index in [1.54, 1.807) is 0 Å². The zero-order chi connectivity index (χ0) is 11.5. The summed E-state index contributed by atoms with van der Waals surface area (Å²) in [6, 6.07) is 0.776. The number of anilines is 1.